The molecule has 0 saturated carbocycles. The smallest absolute Gasteiger partial charge is 0.245 e. The number of amides is 1. The molecule has 26 heavy (non-hydrogen) atoms. The second kappa shape index (κ2) is 8.80. The average Bonchev–Trinajstić information content (AvgIpc) is 2.91. The Balaban J connectivity index is 2.45. The molecule has 6 nitrogen and oxygen atoms in total. The van der Waals surface area contributed by atoms with Gasteiger partial charge in [-0.05, 0) is 58.0 Å². The number of rotatable bonds is 7. The lowest BCUT2D eigenvalue weighted by Gasteiger charge is -2.61. The number of carbonyl (C=O) groups excluding carboxylic acids is 1. The Hall–Kier alpha value is -0.990. The number of hydrogen-bond donors (Lipinski definition) is 3. The van der Waals surface area contributed by atoms with E-state index >= 15 is 0 Å². The molecule has 2 aliphatic heterocycles. The number of carbonyl (C=O) groups is 1. The third kappa shape index (κ3) is 3.97. The van der Waals surface area contributed by atoms with Crippen LogP contribution < -0.4 is 16.0 Å². The Morgan fingerprint density at radius 2 is 2.00 bits per heavy atom. The van der Waals surface area contributed by atoms with Crippen molar-refractivity contribution in [2.45, 2.75) is 71.0 Å². The van der Waals surface area contributed by atoms with Crippen LogP contribution in [0.2, 0.25) is 0 Å². The highest BCUT2D eigenvalue weighted by Gasteiger charge is 2.58. The third-order valence-electron chi connectivity index (χ3n) is 5.54. The quantitative estimate of drug-likeness (QED) is 0.447. The van der Waals surface area contributed by atoms with Crippen molar-refractivity contribution in [1.29, 1.82) is 0 Å². The first-order chi connectivity index (χ1) is 12.3. The molecule has 2 heterocycles. The van der Waals surface area contributed by atoms with Crippen molar-refractivity contribution in [2.75, 3.05) is 26.2 Å². The van der Waals surface area contributed by atoms with Crippen LogP contribution in [0.3, 0.4) is 0 Å². The van der Waals surface area contributed by atoms with E-state index in [1.807, 2.05) is 6.92 Å². The summed E-state index contributed by atoms with van der Waals surface area (Å²) in [6.45, 7) is 11.3. The van der Waals surface area contributed by atoms with Crippen molar-refractivity contribution in [3.63, 3.8) is 0 Å². The summed E-state index contributed by atoms with van der Waals surface area (Å²) in [6.07, 6.45) is 5.53. The fourth-order valence-corrected chi connectivity index (χ4v) is 4.98. The summed E-state index contributed by atoms with van der Waals surface area (Å²) < 4.78 is 0. The van der Waals surface area contributed by atoms with Crippen molar-refractivity contribution in [1.82, 2.24) is 25.8 Å². The van der Waals surface area contributed by atoms with Gasteiger partial charge in [-0.3, -0.25) is 4.79 Å². The third-order valence-corrected chi connectivity index (χ3v) is 6.23. The van der Waals surface area contributed by atoms with Gasteiger partial charge in [0.15, 0.2) is 10.2 Å². The second-order valence-electron chi connectivity index (χ2n) is 7.61. The predicted octanol–water partition coefficient (Wildman–Crippen LogP) is 1.95. The zero-order valence-electron chi connectivity index (χ0n) is 16.5. The summed E-state index contributed by atoms with van der Waals surface area (Å²) in [5, 5.41) is 11.0. The standard InChI is InChI=1S/C18H33N5OS2/c1-5-7-8-9-10-18(23-13-14(24)21-16(23)26)17(3,4)20-11-12-22(18)15(25)19-6-2/h20H,5-13H2,1-4H3,(H,19,25)(H,21,24,26). The van der Waals surface area contributed by atoms with E-state index < -0.39 is 5.66 Å². The zero-order chi connectivity index (χ0) is 19.4. The first-order valence-corrected chi connectivity index (χ1v) is 10.5. The van der Waals surface area contributed by atoms with Gasteiger partial charge in [0.05, 0.1) is 5.54 Å². The number of thiocarbonyl (C=S) groups is 2. The van der Waals surface area contributed by atoms with Crippen LogP contribution in [0.1, 0.15) is 59.8 Å². The molecule has 0 aromatic rings. The molecule has 0 radical (unpaired) electrons. The van der Waals surface area contributed by atoms with Gasteiger partial charge < -0.3 is 25.8 Å². The summed E-state index contributed by atoms with van der Waals surface area (Å²) in [5.74, 6) is -0.0429. The maximum absolute atomic E-state index is 12.1. The molecule has 3 N–H and O–H groups in total. The molecule has 2 aliphatic rings. The molecule has 1 atom stereocenters. The van der Waals surface area contributed by atoms with Crippen LogP contribution in [-0.4, -0.2) is 63.3 Å². The van der Waals surface area contributed by atoms with Gasteiger partial charge in [-0.25, -0.2) is 0 Å². The second-order valence-corrected chi connectivity index (χ2v) is 8.38. The molecule has 2 saturated heterocycles. The van der Waals surface area contributed by atoms with E-state index in [2.05, 4.69) is 46.5 Å². The van der Waals surface area contributed by atoms with Crippen LogP contribution in [0.15, 0.2) is 0 Å². The molecule has 0 aromatic heterocycles. The topological polar surface area (TPSA) is 59.6 Å². The Kier molecular flexibility index (Phi) is 7.21. The van der Waals surface area contributed by atoms with Crippen LogP contribution in [0.25, 0.3) is 0 Å². The van der Waals surface area contributed by atoms with Gasteiger partial charge in [0.1, 0.15) is 12.2 Å². The first-order valence-electron chi connectivity index (χ1n) is 9.72. The highest BCUT2D eigenvalue weighted by molar-refractivity contribution is 7.80. The van der Waals surface area contributed by atoms with Crippen molar-refractivity contribution >= 4 is 40.6 Å². The van der Waals surface area contributed by atoms with E-state index in [-0.39, 0.29) is 18.0 Å². The number of unbranched alkanes of at least 4 members (excludes halogenated alkanes) is 3. The highest BCUT2D eigenvalue weighted by atomic mass is 32.1. The summed E-state index contributed by atoms with van der Waals surface area (Å²) in [7, 11) is 0. The summed E-state index contributed by atoms with van der Waals surface area (Å²) in [5.41, 5.74) is -0.762. The van der Waals surface area contributed by atoms with Crippen molar-refractivity contribution in [2.24, 2.45) is 0 Å². The van der Waals surface area contributed by atoms with E-state index in [9.17, 15) is 4.79 Å². The summed E-state index contributed by atoms with van der Waals surface area (Å²) >= 11 is 11.3. The maximum Gasteiger partial charge on any atom is 0.245 e. The summed E-state index contributed by atoms with van der Waals surface area (Å²) in [6, 6.07) is 0. The fraction of sp³-hybridized carbons (Fsp3) is 0.833. The number of piperazine rings is 1. The SMILES string of the molecule is CCCCCCC1(N2CC(=O)NC2=S)N(C(=S)NCC)CCNC1(C)C. The van der Waals surface area contributed by atoms with E-state index in [0.717, 1.165) is 44.0 Å². The first kappa shape index (κ1) is 21.3. The van der Waals surface area contributed by atoms with Crippen LogP contribution in [-0.2, 0) is 4.79 Å². The van der Waals surface area contributed by atoms with Gasteiger partial charge in [-0.1, -0.05) is 26.2 Å². The van der Waals surface area contributed by atoms with Gasteiger partial charge in [0.2, 0.25) is 5.91 Å². The van der Waals surface area contributed by atoms with Crippen molar-refractivity contribution in [3.8, 4) is 0 Å². The Labute approximate surface area is 168 Å². The van der Waals surface area contributed by atoms with Gasteiger partial charge >= 0.3 is 0 Å². The maximum atomic E-state index is 12.1. The molecule has 2 rings (SSSR count). The van der Waals surface area contributed by atoms with Gasteiger partial charge in [-0.15, -0.1) is 0 Å². The molecule has 148 valence electrons. The summed E-state index contributed by atoms with van der Waals surface area (Å²) in [4.78, 5) is 16.4. The Morgan fingerprint density at radius 3 is 2.58 bits per heavy atom. The Bertz CT molecular complexity index is 554. The molecule has 1 unspecified atom stereocenters. The van der Waals surface area contributed by atoms with E-state index in [0.29, 0.717) is 5.11 Å². The monoisotopic (exact) mass is 399 g/mol. The molecule has 8 heteroatoms. The number of nitrogens with one attached hydrogen (secondary N) is 3. The van der Waals surface area contributed by atoms with Crippen LogP contribution in [0.4, 0.5) is 0 Å². The van der Waals surface area contributed by atoms with Crippen molar-refractivity contribution in [3.05, 3.63) is 0 Å². The Morgan fingerprint density at radius 1 is 1.27 bits per heavy atom. The largest absolute Gasteiger partial charge is 0.363 e. The lowest BCUT2D eigenvalue weighted by atomic mass is 9.78. The van der Waals surface area contributed by atoms with E-state index in [4.69, 9.17) is 24.4 Å². The lowest BCUT2D eigenvalue weighted by molar-refractivity contribution is -0.122. The number of nitrogens with zero attached hydrogens (tertiary/aromatic N) is 2. The predicted molar refractivity (Wildman–Crippen MR) is 114 cm³/mol. The zero-order valence-corrected chi connectivity index (χ0v) is 18.1. The fourth-order valence-electron chi connectivity index (χ4n) is 4.26. The van der Waals surface area contributed by atoms with Gasteiger partial charge in [0, 0.05) is 19.6 Å². The molecule has 0 bridgehead atoms. The minimum Gasteiger partial charge on any atom is -0.363 e. The molecule has 0 aromatic carbocycles. The molecule has 0 spiro atoms. The molecule has 1 amide bonds. The molecule has 0 aliphatic carbocycles. The molecule has 2 fully saturated rings. The minimum absolute atomic E-state index is 0.0429. The van der Waals surface area contributed by atoms with E-state index in [1.54, 1.807) is 0 Å². The van der Waals surface area contributed by atoms with Gasteiger partial charge in [0.25, 0.3) is 0 Å². The number of hydrogen-bond acceptors (Lipinski definition) is 4. The van der Waals surface area contributed by atoms with Crippen LogP contribution in [0, 0.1) is 0 Å². The minimum atomic E-state index is -0.478. The molecular formula is C18H33N5OS2. The van der Waals surface area contributed by atoms with Crippen molar-refractivity contribution < 1.29 is 4.79 Å². The average molecular weight is 400 g/mol. The normalized spacial score (nSPS) is 25.4. The highest BCUT2D eigenvalue weighted by Crippen LogP contribution is 2.40. The van der Waals surface area contributed by atoms with Crippen LogP contribution >= 0.6 is 24.4 Å². The van der Waals surface area contributed by atoms with E-state index in [1.165, 1.54) is 12.8 Å². The molecular weight excluding hydrogens is 366 g/mol. The van der Waals surface area contributed by atoms with Crippen LogP contribution in [0.5, 0.6) is 0 Å². The lowest BCUT2D eigenvalue weighted by Crippen LogP contribution is -2.80. The van der Waals surface area contributed by atoms with Gasteiger partial charge in [-0.2, -0.15) is 0 Å².